The summed E-state index contributed by atoms with van der Waals surface area (Å²) < 4.78 is 49.6. The lowest BCUT2D eigenvalue weighted by atomic mass is 9.95. The Morgan fingerprint density at radius 2 is 1.71 bits per heavy atom. The maximum atomic E-state index is 16.4. The van der Waals surface area contributed by atoms with E-state index in [9.17, 15) is 14.4 Å². The Morgan fingerprint density at radius 1 is 1.00 bits per heavy atom. The lowest BCUT2D eigenvalue weighted by Crippen LogP contribution is -2.32. The fraction of sp³-hybridized carbons (Fsp3) is 0.324. The van der Waals surface area contributed by atoms with Crippen molar-refractivity contribution in [1.82, 2.24) is 20.1 Å². The molecular formula is C37H43FN8O9. The van der Waals surface area contributed by atoms with Crippen molar-refractivity contribution in [1.29, 1.82) is 5.41 Å². The molecule has 0 aliphatic carbocycles. The molecule has 17 nitrogen and oxygen atoms in total. The van der Waals surface area contributed by atoms with Crippen molar-refractivity contribution in [2.75, 3.05) is 53.2 Å². The van der Waals surface area contributed by atoms with Crippen LogP contribution in [-0.4, -0.2) is 92.3 Å². The first-order chi connectivity index (χ1) is 26.3. The number of amidine groups is 1. The van der Waals surface area contributed by atoms with Gasteiger partial charge in [-0.15, -0.1) is 9.78 Å². The highest BCUT2D eigenvalue weighted by atomic mass is 19.1. The Balaban J connectivity index is 1.71. The third-order valence-electron chi connectivity index (χ3n) is 7.73. The number of aliphatic imine (C=N–C) groups is 1. The molecule has 1 aromatic heterocycles. The summed E-state index contributed by atoms with van der Waals surface area (Å²) in [5.41, 5.74) is 6.31. The fourth-order valence-corrected chi connectivity index (χ4v) is 4.92. The predicted octanol–water partition coefficient (Wildman–Crippen LogP) is 3.67. The first-order valence-corrected chi connectivity index (χ1v) is 16.7. The van der Waals surface area contributed by atoms with Gasteiger partial charge in [0.1, 0.15) is 30.8 Å². The molecule has 292 valence electrons. The van der Waals surface area contributed by atoms with Gasteiger partial charge < -0.3 is 44.8 Å². The van der Waals surface area contributed by atoms with Crippen LogP contribution in [0.3, 0.4) is 0 Å². The van der Waals surface area contributed by atoms with Crippen LogP contribution in [0, 0.1) is 16.6 Å². The molecule has 0 fully saturated rings. The minimum Gasteiger partial charge on any atom is -0.497 e. The Labute approximate surface area is 316 Å². The molecule has 4 rings (SSSR count). The van der Waals surface area contributed by atoms with Gasteiger partial charge in [-0.05, 0) is 56.3 Å². The summed E-state index contributed by atoms with van der Waals surface area (Å²) in [4.78, 5) is 45.0. The zero-order chi connectivity index (χ0) is 40.1. The fourth-order valence-electron chi connectivity index (χ4n) is 4.92. The summed E-state index contributed by atoms with van der Waals surface area (Å²) in [5.74, 6) is -2.78. The number of hydrogen-bond donors (Lipinski definition) is 4. The second-order valence-electron chi connectivity index (χ2n) is 12.3. The monoisotopic (exact) mass is 762 g/mol. The third kappa shape index (κ3) is 11.0. The summed E-state index contributed by atoms with van der Waals surface area (Å²) in [7, 11) is 4.26. The summed E-state index contributed by atoms with van der Waals surface area (Å²) in [5, 5.41) is 18.7. The van der Waals surface area contributed by atoms with Gasteiger partial charge in [0, 0.05) is 49.5 Å². The summed E-state index contributed by atoms with van der Waals surface area (Å²) in [6.07, 6.45) is 0. The minimum atomic E-state index is -1.20. The molecule has 0 radical (unpaired) electrons. The quantitative estimate of drug-likeness (QED) is 0.0397. The molecule has 0 bridgehead atoms. The average molecular weight is 763 g/mol. The van der Waals surface area contributed by atoms with Crippen molar-refractivity contribution in [2.24, 2.45) is 16.1 Å². The highest BCUT2D eigenvalue weighted by Gasteiger charge is 2.31. The van der Waals surface area contributed by atoms with Gasteiger partial charge in [-0.1, -0.05) is 18.2 Å². The third-order valence-corrected chi connectivity index (χ3v) is 7.73. The number of carbonyl (C=O) groups excluding carboxylic acids is 3. The van der Waals surface area contributed by atoms with Gasteiger partial charge in [-0.25, -0.2) is 4.39 Å². The van der Waals surface area contributed by atoms with E-state index in [1.165, 1.54) is 40.3 Å². The van der Waals surface area contributed by atoms with E-state index >= 15 is 4.39 Å². The predicted molar refractivity (Wildman–Crippen MR) is 198 cm³/mol. The van der Waals surface area contributed by atoms with Crippen molar-refractivity contribution in [3.8, 4) is 17.5 Å². The second kappa shape index (κ2) is 19.0. The van der Waals surface area contributed by atoms with Gasteiger partial charge in [0.25, 0.3) is 5.91 Å². The standard InChI is InChI=1S/C37H43FN8O9/c1-22(47)52-16-17-53-28-19-26(51-6)18-27(29(28)38)30(42-25-14-12-23(13-15-25)31(39)43-33(48)24-10-8-7-9-11-24)32-44-36(46(45-32)35(40)41-4)55-21-54-34(49)37(2,3)20-50-5/h7-15,18-19,30,42H,16-17,20-21H2,1-6H3,(H2,40,41)(H2,39,43,48). The van der Waals surface area contributed by atoms with E-state index in [2.05, 4.69) is 25.7 Å². The van der Waals surface area contributed by atoms with E-state index in [1.54, 1.807) is 68.4 Å². The Bertz CT molecular complexity index is 2000. The van der Waals surface area contributed by atoms with Gasteiger partial charge in [-0.3, -0.25) is 24.8 Å². The van der Waals surface area contributed by atoms with Gasteiger partial charge in [-0.2, -0.15) is 4.98 Å². The number of nitrogens with zero attached hydrogens (tertiary/aromatic N) is 4. The number of benzene rings is 3. The lowest BCUT2D eigenvalue weighted by Gasteiger charge is -2.21. The number of halogens is 1. The number of nitrogens with two attached hydrogens (primary N) is 1. The maximum Gasteiger partial charge on any atom is 0.325 e. The number of rotatable bonds is 17. The van der Waals surface area contributed by atoms with E-state index in [0.29, 0.717) is 16.8 Å². The number of esters is 2. The lowest BCUT2D eigenvalue weighted by molar-refractivity contribution is -0.163. The molecule has 4 aromatic rings. The molecular weight excluding hydrogens is 719 g/mol. The molecule has 0 spiro atoms. The van der Waals surface area contributed by atoms with Crippen LogP contribution in [0.4, 0.5) is 10.1 Å². The van der Waals surface area contributed by atoms with Crippen LogP contribution in [0.2, 0.25) is 0 Å². The Kier molecular flexibility index (Phi) is 14.2. The Morgan fingerprint density at radius 3 is 2.35 bits per heavy atom. The number of amides is 1. The minimum absolute atomic E-state index is 0.0442. The van der Waals surface area contributed by atoms with Crippen molar-refractivity contribution < 1.29 is 47.2 Å². The van der Waals surface area contributed by atoms with E-state index < -0.39 is 41.9 Å². The van der Waals surface area contributed by atoms with Gasteiger partial charge in [0.05, 0.1) is 19.1 Å². The van der Waals surface area contributed by atoms with Gasteiger partial charge >= 0.3 is 17.9 Å². The molecule has 55 heavy (non-hydrogen) atoms. The number of anilines is 1. The highest BCUT2D eigenvalue weighted by Crippen LogP contribution is 2.36. The number of hydrogen-bond acceptors (Lipinski definition) is 14. The number of methoxy groups -OCH3 is 2. The molecule has 1 atom stereocenters. The highest BCUT2D eigenvalue weighted by molar-refractivity contribution is 6.11. The molecule has 3 aromatic carbocycles. The van der Waals surface area contributed by atoms with Crippen molar-refractivity contribution in [3.05, 3.63) is 95.1 Å². The van der Waals surface area contributed by atoms with E-state index in [0.717, 1.165) is 4.68 Å². The molecule has 1 unspecified atom stereocenters. The van der Waals surface area contributed by atoms with Crippen molar-refractivity contribution in [3.63, 3.8) is 0 Å². The summed E-state index contributed by atoms with van der Waals surface area (Å²) >= 11 is 0. The maximum absolute atomic E-state index is 16.4. The number of carbonyl (C=O) groups is 3. The van der Waals surface area contributed by atoms with Crippen LogP contribution >= 0.6 is 0 Å². The SMILES string of the molecule is CN=C(N)n1nc(C(Nc2ccc(C(=N)NC(=O)c3ccccc3)cc2)c2cc(OC)cc(OCCOC(C)=O)c2F)nc1OCOC(=O)C(C)(C)COC. The zero-order valence-electron chi connectivity index (χ0n) is 31.2. The van der Waals surface area contributed by atoms with Crippen LogP contribution in [0.1, 0.15) is 54.1 Å². The van der Waals surface area contributed by atoms with Crippen LogP contribution in [0.15, 0.2) is 71.7 Å². The number of ether oxygens (including phenoxy) is 6. The Hall–Kier alpha value is -6.56. The smallest absolute Gasteiger partial charge is 0.325 e. The van der Waals surface area contributed by atoms with E-state index in [-0.39, 0.29) is 60.5 Å². The number of nitrogens with one attached hydrogen (secondary N) is 3. The summed E-state index contributed by atoms with van der Waals surface area (Å²) in [6.45, 7) is 3.75. The van der Waals surface area contributed by atoms with Crippen LogP contribution < -0.4 is 30.6 Å². The topological polar surface area (TPSA) is 224 Å². The normalized spacial score (nSPS) is 11.9. The zero-order valence-corrected chi connectivity index (χ0v) is 31.2. The van der Waals surface area contributed by atoms with Gasteiger partial charge in [0.15, 0.2) is 17.4 Å². The summed E-state index contributed by atoms with van der Waals surface area (Å²) in [6, 6.07) is 16.2. The van der Waals surface area contributed by atoms with Gasteiger partial charge in [0.2, 0.25) is 12.8 Å². The van der Waals surface area contributed by atoms with Crippen molar-refractivity contribution in [2.45, 2.75) is 26.8 Å². The van der Waals surface area contributed by atoms with Crippen LogP contribution in [-0.2, 0) is 23.8 Å². The molecule has 5 N–H and O–H groups in total. The second-order valence-corrected chi connectivity index (χ2v) is 12.3. The van der Waals surface area contributed by atoms with Crippen molar-refractivity contribution >= 4 is 35.3 Å². The molecule has 1 amide bonds. The first kappa shape index (κ1) is 41.2. The molecule has 0 saturated carbocycles. The van der Waals surface area contributed by atoms with E-state index in [1.807, 2.05) is 0 Å². The van der Waals surface area contributed by atoms with E-state index in [4.69, 9.17) is 39.6 Å². The molecule has 0 aliphatic heterocycles. The largest absolute Gasteiger partial charge is 0.497 e. The number of aromatic nitrogens is 3. The molecule has 1 heterocycles. The first-order valence-electron chi connectivity index (χ1n) is 16.7. The average Bonchev–Trinajstić information content (AvgIpc) is 3.60. The molecule has 0 saturated heterocycles. The molecule has 18 heteroatoms. The van der Waals surface area contributed by atoms with Crippen LogP contribution in [0.5, 0.6) is 17.5 Å². The molecule has 0 aliphatic rings. The van der Waals surface area contributed by atoms with Crippen LogP contribution in [0.25, 0.3) is 0 Å².